The van der Waals surface area contributed by atoms with Crippen LogP contribution in [0.1, 0.15) is 5.56 Å². The van der Waals surface area contributed by atoms with Gasteiger partial charge < -0.3 is 25.5 Å². The Morgan fingerprint density at radius 2 is 1.94 bits per heavy atom. The number of hydrogen-bond acceptors (Lipinski definition) is 10. The third-order valence-electron chi connectivity index (χ3n) is 4.47. The van der Waals surface area contributed by atoms with Crippen LogP contribution in [0.25, 0.3) is 0 Å². The molecule has 0 spiro atoms. The second-order valence-electron chi connectivity index (χ2n) is 6.94. The molecule has 0 aliphatic rings. The summed E-state index contributed by atoms with van der Waals surface area (Å²) in [5.74, 6) is 7.20. The van der Waals surface area contributed by atoms with Crippen molar-refractivity contribution in [3.05, 3.63) is 48.0 Å². The number of nitrogens with zero attached hydrogens (tertiary/aromatic N) is 5. The third kappa shape index (κ3) is 6.29. The highest BCUT2D eigenvalue weighted by molar-refractivity contribution is 7.99. The van der Waals surface area contributed by atoms with Crippen molar-refractivity contribution in [2.75, 3.05) is 55.6 Å². The van der Waals surface area contributed by atoms with Crippen molar-refractivity contribution >= 4 is 41.2 Å². The predicted octanol–water partition coefficient (Wildman–Crippen LogP) is 2.25. The van der Waals surface area contributed by atoms with Crippen LogP contribution in [0.2, 0.25) is 0 Å². The number of nitrogen functional groups attached to an aromatic ring is 1. The van der Waals surface area contributed by atoms with Gasteiger partial charge in [-0.05, 0) is 29.8 Å². The van der Waals surface area contributed by atoms with Gasteiger partial charge in [-0.15, -0.1) is 10.2 Å². The molecule has 1 aromatic heterocycles. The lowest BCUT2D eigenvalue weighted by atomic mass is 10.2. The molecule has 0 bridgehead atoms. The number of nitrogens with two attached hydrogens (primary N) is 1. The number of ether oxygens (including phenoxy) is 2. The Kier molecular flexibility index (Phi) is 7.97. The van der Waals surface area contributed by atoms with Crippen LogP contribution in [-0.4, -0.2) is 61.1 Å². The summed E-state index contributed by atoms with van der Waals surface area (Å²) < 4.78 is 11.7. The van der Waals surface area contributed by atoms with Crippen LogP contribution in [0, 0.1) is 0 Å². The van der Waals surface area contributed by atoms with Crippen molar-refractivity contribution < 1.29 is 14.3 Å². The van der Waals surface area contributed by atoms with Gasteiger partial charge in [-0.2, -0.15) is 5.10 Å². The number of methoxy groups -OCH3 is 2. The van der Waals surface area contributed by atoms with Crippen molar-refractivity contribution in [2.24, 2.45) is 5.10 Å². The lowest BCUT2D eigenvalue weighted by Crippen LogP contribution is -2.17. The molecule has 1 heterocycles. The molecule has 0 aliphatic carbocycles. The number of hydrazone groups is 1. The molecule has 11 nitrogen and oxygen atoms in total. The fraction of sp³-hybridized carbons (Fsp3) is 0.238. The van der Waals surface area contributed by atoms with E-state index in [1.165, 1.54) is 11.8 Å². The summed E-state index contributed by atoms with van der Waals surface area (Å²) in [5.41, 5.74) is 5.27. The van der Waals surface area contributed by atoms with E-state index >= 15 is 0 Å². The topological polar surface area (TPSA) is 132 Å². The largest absolute Gasteiger partial charge is 0.497 e. The fourth-order valence-corrected chi connectivity index (χ4v) is 3.36. The first-order chi connectivity index (χ1) is 15.9. The zero-order chi connectivity index (χ0) is 23.8. The molecule has 33 heavy (non-hydrogen) atoms. The summed E-state index contributed by atoms with van der Waals surface area (Å²) in [4.78, 5) is 14.4. The number of hydrogen-bond donors (Lipinski definition) is 3. The van der Waals surface area contributed by atoms with Crippen LogP contribution < -0.4 is 31.0 Å². The van der Waals surface area contributed by atoms with Crippen molar-refractivity contribution in [1.82, 2.24) is 14.9 Å². The number of nitrogens with one attached hydrogen (secondary N) is 2. The maximum Gasteiger partial charge on any atom is 0.264 e. The maximum atomic E-state index is 12.4. The van der Waals surface area contributed by atoms with E-state index in [2.05, 4.69) is 26.0 Å². The number of carbonyl (C=O) groups is 1. The lowest BCUT2D eigenvalue weighted by Gasteiger charge is -2.11. The Morgan fingerprint density at radius 3 is 2.61 bits per heavy atom. The second-order valence-corrected chi connectivity index (χ2v) is 7.88. The van der Waals surface area contributed by atoms with Gasteiger partial charge in [-0.1, -0.05) is 23.9 Å². The highest BCUT2D eigenvalue weighted by Gasteiger charge is 2.14. The minimum Gasteiger partial charge on any atom is -0.497 e. The number of amides is 1. The van der Waals surface area contributed by atoms with Gasteiger partial charge in [-0.25, -0.2) is 10.1 Å². The summed E-state index contributed by atoms with van der Waals surface area (Å²) in [6.07, 6.45) is 1.65. The number of carbonyl (C=O) groups excluding carboxylic acids is 1. The molecule has 0 radical (unpaired) electrons. The van der Waals surface area contributed by atoms with Crippen LogP contribution in [-0.2, 0) is 4.79 Å². The molecule has 3 rings (SSSR count). The van der Waals surface area contributed by atoms with Gasteiger partial charge in [0.15, 0.2) is 0 Å². The van der Waals surface area contributed by atoms with E-state index in [9.17, 15) is 4.79 Å². The quantitative estimate of drug-likeness (QED) is 0.177. The minimum atomic E-state index is -0.261. The van der Waals surface area contributed by atoms with Crippen LogP contribution in [0.4, 0.5) is 17.3 Å². The molecular formula is C21H26N8O3S. The average molecular weight is 471 g/mol. The Morgan fingerprint density at radius 1 is 1.18 bits per heavy atom. The lowest BCUT2D eigenvalue weighted by molar-refractivity contribution is -0.113. The van der Waals surface area contributed by atoms with E-state index in [4.69, 9.17) is 15.3 Å². The van der Waals surface area contributed by atoms with Gasteiger partial charge in [0.25, 0.3) is 5.95 Å². The molecule has 4 N–H and O–H groups in total. The van der Waals surface area contributed by atoms with Crippen molar-refractivity contribution in [1.29, 1.82) is 0 Å². The van der Waals surface area contributed by atoms with Crippen LogP contribution in [0.5, 0.6) is 11.5 Å². The highest BCUT2D eigenvalue weighted by Crippen LogP contribution is 2.29. The van der Waals surface area contributed by atoms with Crippen LogP contribution in [0.3, 0.4) is 0 Å². The number of aromatic nitrogens is 3. The first-order valence-corrected chi connectivity index (χ1v) is 10.8. The van der Waals surface area contributed by atoms with Gasteiger partial charge in [0.05, 0.1) is 31.9 Å². The van der Waals surface area contributed by atoms with Gasteiger partial charge >= 0.3 is 0 Å². The standard InChI is InChI=1S/C21H26N8O3S/c1-28(2)15-7-5-14(6-8-15)12-23-25-20-26-27-21(29(20)22)33-13-19(30)24-17-11-16(31-3)9-10-18(17)32-4/h5-12H,13,22H2,1-4H3,(H,24,30)(H,25,26)/b23-12+. The Bertz CT molecular complexity index is 1120. The molecule has 0 aliphatic heterocycles. The normalized spacial score (nSPS) is 10.8. The fourth-order valence-electron chi connectivity index (χ4n) is 2.70. The average Bonchev–Trinajstić information content (AvgIpc) is 3.17. The van der Waals surface area contributed by atoms with Crippen molar-refractivity contribution in [2.45, 2.75) is 5.16 Å². The molecular weight excluding hydrogens is 444 g/mol. The van der Waals surface area contributed by atoms with E-state index in [-0.39, 0.29) is 17.6 Å². The van der Waals surface area contributed by atoms with Gasteiger partial charge in [0.1, 0.15) is 11.5 Å². The SMILES string of the molecule is COc1ccc(OC)c(NC(=O)CSc2nnc(N/N=C/c3ccc(N(C)C)cc3)n2N)c1. The predicted molar refractivity (Wildman–Crippen MR) is 131 cm³/mol. The molecule has 0 saturated heterocycles. The molecule has 12 heteroatoms. The van der Waals surface area contributed by atoms with E-state index in [1.807, 2.05) is 43.3 Å². The Hall–Kier alpha value is -3.93. The molecule has 174 valence electrons. The van der Waals surface area contributed by atoms with E-state index in [1.54, 1.807) is 31.5 Å². The summed E-state index contributed by atoms with van der Waals surface area (Å²) in [6, 6.07) is 13.0. The van der Waals surface area contributed by atoms with E-state index < -0.39 is 0 Å². The Labute approximate surface area is 195 Å². The van der Waals surface area contributed by atoms with E-state index in [0.29, 0.717) is 22.3 Å². The highest BCUT2D eigenvalue weighted by atomic mass is 32.2. The van der Waals surface area contributed by atoms with Crippen molar-refractivity contribution in [3.63, 3.8) is 0 Å². The zero-order valence-corrected chi connectivity index (χ0v) is 19.6. The molecule has 1 amide bonds. The zero-order valence-electron chi connectivity index (χ0n) is 18.8. The van der Waals surface area contributed by atoms with Crippen LogP contribution >= 0.6 is 11.8 Å². The van der Waals surface area contributed by atoms with Gasteiger partial charge in [-0.3, -0.25) is 4.79 Å². The first-order valence-electron chi connectivity index (χ1n) is 9.83. The minimum absolute atomic E-state index is 0.0667. The molecule has 0 atom stereocenters. The monoisotopic (exact) mass is 470 g/mol. The van der Waals surface area contributed by atoms with E-state index in [0.717, 1.165) is 23.0 Å². The molecule has 2 aromatic carbocycles. The number of thioether (sulfide) groups is 1. The number of anilines is 3. The third-order valence-corrected chi connectivity index (χ3v) is 5.41. The number of benzene rings is 2. The molecule has 0 unspecified atom stereocenters. The summed E-state index contributed by atoms with van der Waals surface area (Å²) in [7, 11) is 7.04. The first kappa shape index (κ1) is 23.7. The molecule has 0 fully saturated rings. The summed E-state index contributed by atoms with van der Waals surface area (Å²) in [6.45, 7) is 0. The van der Waals surface area contributed by atoms with Gasteiger partial charge in [0.2, 0.25) is 11.1 Å². The maximum absolute atomic E-state index is 12.4. The van der Waals surface area contributed by atoms with Gasteiger partial charge in [0, 0.05) is 25.8 Å². The Balaban J connectivity index is 1.55. The van der Waals surface area contributed by atoms with Crippen molar-refractivity contribution in [3.8, 4) is 11.5 Å². The second kappa shape index (κ2) is 11.1. The molecule has 0 saturated carbocycles. The summed E-state index contributed by atoms with van der Waals surface area (Å²) in [5, 5.41) is 15.2. The smallest absolute Gasteiger partial charge is 0.264 e. The summed E-state index contributed by atoms with van der Waals surface area (Å²) >= 11 is 1.14. The molecule has 3 aromatic rings. The van der Waals surface area contributed by atoms with Crippen LogP contribution in [0.15, 0.2) is 52.7 Å². The number of rotatable bonds is 10.